The van der Waals surface area contributed by atoms with Crippen molar-refractivity contribution in [2.45, 2.75) is 56.9 Å². The van der Waals surface area contributed by atoms with E-state index in [1.54, 1.807) is 0 Å². The number of hydrogen-bond donors (Lipinski definition) is 1. The Bertz CT molecular complexity index is 305. The van der Waals surface area contributed by atoms with Gasteiger partial charge in [-0.3, -0.25) is 0 Å². The number of hydrogen-bond acceptors (Lipinski definition) is 2. The van der Waals surface area contributed by atoms with Crippen LogP contribution in [-0.2, 0) is 0 Å². The van der Waals surface area contributed by atoms with Gasteiger partial charge in [0.2, 0.25) is 0 Å². The molecule has 0 saturated carbocycles. The van der Waals surface area contributed by atoms with Gasteiger partial charge in [0, 0.05) is 10.9 Å². The van der Waals surface area contributed by atoms with Crippen LogP contribution in [0, 0.1) is 0 Å². The number of rotatable bonds is 7. The molecule has 0 radical (unpaired) electrons. The lowest BCUT2D eigenvalue weighted by atomic mass is 9.91. The first-order chi connectivity index (χ1) is 8.17. The van der Waals surface area contributed by atoms with E-state index in [4.69, 9.17) is 5.73 Å². The third-order valence-electron chi connectivity index (χ3n) is 3.13. The third kappa shape index (κ3) is 5.13. The maximum atomic E-state index is 5.83. The average Bonchev–Trinajstić information content (AvgIpc) is 2.32. The molecule has 2 unspecified atom stereocenters. The molecular weight excluding hydrogens is 226 g/mol. The Hall–Kier alpha value is -0.470. The Labute approximate surface area is 110 Å². The maximum absolute atomic E-state index is 5.83. The van der Waals surface area contributed by atoms with Gasteiger partial charge in [-0.15, -0.1) is 11.8 Å². The Kier molecular flexibility index (Phi) is 6.68. The highest BCUT2D eigenvalue weighted by Gasteiger charge is 2.10. The van der Waals surface area contributed by atoms with Crippen molar-refractivity contribution in [1.82, 2.24) is 0 Å². The summed E-state index contributed by atoms with van der Waals surface area (Å²) in [6.07, 6.45) is 3.52. The number of nitrogens with two attached hydrogens (primary N) is 1. The van der Waals surface area contributed by atoms with Gasteiger partial charge in [-0.25, -0.2) is 0 Å². The number of benzene rings is 1. The lowest BCUT2D eigenvalue weighted by Gasteiger charge is -2.17. The quantitative estimate of drug-likeness (QED) is 0.726. The van der Waals surface area contributed by atoms with Crippen LogP contribution in [0.1, 0.15) is 51.5 Å². The molecule has 0 bridgehead atoms. The first-order valence-electron chi connectivity index (χ1n) is 6.65. The van der Waals surface area contributed by atoms with E-state index < -0.39 is 0 Å². The summed E-state index contributed by atoms with van der Waals surface area (Å²) >= 11 is 1.90. The fourth-order valence-electron chi connectivity index (χ4n) is 2.07. The van der Waals surface area contributed by atoms with Crippen LogP contribution in [0.3, 0.4) is 0 Å². The van der Waals surface area contributed by atoms with Crippen molar-refractivity contribution >= 4 is 11.8 Å². The SMILES string of the molecule is CCSc1ccc(C(CC)CCC(C)N)cc1. The summed E-state index contributed by atoms with van der Waals surface area (Å²) in [5, 5.41) is 0. The third-order valence-corrected chi connectivity index (χ3v) is 4.02. The zero-order valence-electron chi connectivity index (χ0n) is 11.3. The van der Waals surface area contributed by atoms with Crippen molar-refractivity contribution in [2.24, 2.45) is 5.73 Å². The summed E-state index contributed by atoms with van der Waals surface area (Å²) in [5.41, 5.74) is 7.30. The maximum Gasteiger partial charge on any atom is 0.00720 e. The molecule has 0 saturated heterocycles. The highest BCUT2D eigenvalue weighted by molar-refractivity contribution is 7.99. The molecule has 1 aromatic carbocycles. The van der Waals surface area contributed by atoms with E-state index in [9.17, 15) is 0 Å². The molecular formula is C15H25NS. The van der Waals surface area contributed by atoms with Gasteiger partial charge in [-0.05, 0) is 55.6 Å². The molecule has 2 atom stereocenters. The molecule has 17 heavy (non-hydrogen) atoms. The summed E-state index contributed by atoms with van der Waals surface area (Å²) in [6, 6.07) is 9.38. The summed E-state index contributed by atoms with van der Waals surface area (Å²) < 4.78 is 0. The predicted octanol–water partition coefficient (Wildman–Crippen LogP) is 4.42. The fourth-order valence-corrected chi connectivity index (χ4v) is 2.74. The highest BCUT2D eigenvalue weighted by atomic mass is 32.2. The van der Waals surface area contributed by atoms with Gasteiger partial charge < -0.3 is 5.73 Å². The zero-order chi connectivity index (χ0) is 12.7. The smallest absolute Gasteiger partial charge is 0.00720 e. The molecule has 0 spiro atoms. The van der Waals surface area contributed by atoms with Crippen LogP contribution >= 0.6 is 11.8 Å². The molecule has 2 N–H and O–H groups in total. The molecule has 1 nitrogen and oxygen atoms in total. The molecule has 96 valence electrons. The largest absolute Gasteiger partial charge is 0.328 e. The minimum atomic E-state index is 0.318. The van der Waals surface area contributed by atoms with E-state index >= 15 is 0 Å². The van der Waals surface area contributed by atoms with Crippen LogP contribution in [0.4, 0.5) is 0 Å². The first kappa shape index (κ1) is 14.6. The van der Waals surface area contributed by atoms with Gasteiger partial charge in [-0.1, -0.05) is 26.0 Å². The molecule has 0 aliphatic carbocycles. The van der Waals surface area contributed by atoms with Crippen molar-refractivity contribution in [1.29, 1.82) is 0 Å². The minimum Gasteiger partial charge on any atom is -0.328 e. The standard InChI is InChI=1S/C15H25NS/c1-4-13(7-6-12(3)16)14-8-10-15(11-9-14)17-5-2/h8-13H,4-7,16H2,1-3H3. The van der Waals surface area contributed by atoms with Gasteiger partial charge in [-0.2, -0.15) is 0 Å². The van der Waals surface area contributed by atoms with Crippen molar-refractivity contribution in [3.63, 3.8) is 0 Å². The van der Waals surface area contributed by atoms with Crippen LogP contribution in [0.15, 0.2) is 29.2 Å². The van der Waals surface area contributed by atoms with Gasteiger partial charge in [0.1, 0.15) is 0 Å². The molecule has 0 fully saturated rings. The minimum absolute atomic E-state index is 0.318. The monoisotopic (exact) mass is 251 g/mol. The van der Waals surface area contributed by atoms with Crippen LogP contribution < -0.4 is 5.73 Å². The van der Waals surface area contributed by atoms with E-state index in [0.717, 1.165) is 12.2 Å². The lowest BCUT2D eigenvalue weighted by molar-refractivity contribution is 0.532. The summed E-state index contributed by atoms with van der Waals surface area (Å²) in [5.74, 6) is 1.81. The van der Waals surface area contributed by atoms with Crippen molar-refractivity contribution < 1.29 is 0 Å². The van der Waals surface area contributed by atoms with E-state index in [1.165, 1.54) is 23.3 Å². The summed E-state index contributed by atoms with van der Waals surface area (Å²) in [6.45, 7) is 6.55. The first-order valence-corrected chi connectivity index (χ1v) is 7.64. The summed E-state index contributed by atoms with van der Waals surface area (Å²) in [4.78, 5) is 1.37. The van der Waals surface area contributed by atoms with Crippen LogP contribution in [0.2, 0.25) is 0 Å². The molecule has 0 aliphatic rings. The van der Waals surface area contributed by atoms with E-state index in [-0.39, 0.29) is 0 Å². The Morgan fingerprint density at radius 3 is 2.24 bits per heavy atom. The Morgan fingerprint density at radius 1 is 1.12 bits per heavy atom. The molecule has 0 aliphatic heterocycles. The summed E-state index contributed by atoms with van der Waals surface area (Å²) in [7, 11) is 0. The molecule has 0 aromatic heterocycles. The van der Waals surface area contributed by atoms with Gasteiger partial charge in [0.25, 0.3) is 0 Å². The van der Waals surface area contributed by atoms with E-state index in [1.807, 2.05) is 11.8 Å². The van der Waals surface area contributed by atoms with Crippen molar-refractivity contribution in [3.05, 3.63) is 29.8 Å². The van der Waals surface area contributed by atoms with Gasteiger partial charge in [0.15, 0.2) is 0 Å². The topological polar surface area (TPSA) is 26.0 Å². The Balaban J connectivity index is 2.61. The van der Waals surface area contributed by atoms with Crippen molar-refractivity contribution in [3.8, 4) is 0 Å². The Morgan fingerprint density at radius 2 is 1.76 bits per heavy atom. The zero-order valence-corrected chi connectivity index (χ0v) is 12.1. The van der Waals surface area contributed by atoms with Crippen LogP contribution in [0.5, 0.6) is 0 Å². The van der Waals surface area contributed by atoms with E-state index in [2.05, 4.69) is 45.0 Å². The number of thioether (sulfide) groups is 1. The highest BCUT2D eigenvalue weighted by Crippen LogP contribution is 2.27. The van der Waals surface area contributed by atoms with Crippen LogP contribution in [-0.4, -0.2) is 11.8 Å². The second kappa shape index (κ2) is 7.78. The van der Waals surface area contributed by atoms with E-state index in [0.29, 0.717) is 12.0 Å². The average molecular weight is 251 g/mol. The molecule has 0 amide bonds. The second-order valence-electron chi connectivity index (χ2n) is 4.66. The molecule has 1 rings (SSSR count). The van der Waals surface area contributed by atoms with Gasteiger partial charge >= 0.3 is 0 Å². The molecule has 2 heteroatoms. The fraction of sp³-hybridized carbons (Fsp3) is 0.600. The van der Waals surface area contributed by atoms with Crippen LogP contribution in [0.25, 0.3) is 0 Å². The normalized spacial score (nSPS) is 14.6. The second-order valence-corrected chi connectivity index (χ2v) is 6.00. The lowest BCUT2D eigenvalue weighted by Crippen LogP contribution is -2.15. The van der Waals surface area contributed by atoms with Gasteiger partial charge in [0.05, 0.1) is 0 Å². The van der Waals surface area contributed by atoms with Crippen molar-refractivity contribution in [2.75, 3.05) is 5.75 Å². The molecule has 0 heterocycles. The predicted molar refractivity (Wildman–Crippen MR) is 78.8 cm³/mol. The molecule has 1 aromatic rings.